The second-order valence-electron chi connectivity index (χ2n) is 6.83. The van der Waals surface area contributed by atoms with E-state index in [2.05, 4.69) is 147 Å². The third-order valence-electron chi connectivity index (χ3n) is 3.95. The van der Waals surface area contributed by atoms with Gasteiger partial charge >= 0.3 is 30.8 Å². The van der Waals surface area contributed by atoms with Crippen LogP contribution in [0.3, 0.4) is 0 Å². The SMILES string of the molecule is CN(C)C([S-])=[SH+].CN(C)C([S-])=[SH+].[C-]#[O+].[Ru+3].c1ccc([PH+](c2ccccc2)c2ccccc2)cc1. The van der Waals surface area contributed by atoms with Gasteiger partial charge in [-0.05, 0) is 64.6 Å². The van der Waals surface area contributed by atoms with Crippen molar-refractivity contribution < 1.29 is 24.1 Å². The summed E-state index contributed by atoms with van der Waals surface area (Å²) in [6, 6.07) is 32.5. The normalized spacial score (nSPS) is 9.26. The predicted octanol–water partition coefficient (Wildman–Crippen LogP) is 2.06. The van der Waals surface area contributed by atoms with Crippen LogP contribution in [0.1, 0.15) is 0 Å². The van der Waals surface area contributed by atoms with Gasteiger partial charge in [0.2, 0.25) is 0 Å². The molecule has 0 bridgehead atoms. The largest absolute Gasteiger partial charge is 3.00 e. The second-order valence-corrected chi connectivity index (χ2v) is 11.5. The van der Waals surface area contributed by atoms with Crippen molar-refractivity contribution in [3.05, 3.63) is 97.6 Å². The Morgan fingerprint density at radius 2 is 0.794 bits per heavy atom. The van der Waals surface area contributed by atoms with E-state index in [1.807, 2.05) is 28.2 Å². The summed E-state index contributed by atoms with van der Waals surface area (Å²) in [6.45, 7) is 4.50. The van der Waals surface area contributed by atoms with Crippen molar-refractivity contribution in [2.75, 3.05) is 28.2 Å². The minimum Gasteiger partial charge on any atom is -0.0620 e. The van der Waals surface area contributed by atoms with Crippen LogP contribution in [0.4, 0.5) is 0 Å². The Morgan fingerprint density at radius 1 is 0.618 bits per heavy atom. The van der Waals surface area contributed by atoms with Gasteiger partial charge in [0.1, 0.15) is 49.0 Å². The molecule has 0 heterocycles. The number of benzene rings is 3. The molecule has 1 radical (unpaired) electrons. The van der Waals surface area contributed by atoms with Crippen LogP contribution >= 0.6 is 7.92 Å². The van der Waals surface area contributed by atoms with Crippen molar-refractivity contribution >= 4 is 82.2 Å². The van der Waals surface area contributed by atoms with Gasteiger partial charge in [-0.25, -0.2) is 0 Å². The third-order valence-corrected chi connectivity index (χ3v) is 8.21. The van der Waals surface area contributed by atoms with Crippen LogP contribution in [-0.4, -0.2) is 46.6 Å². The Bertz CT molecular complexity index is 848. The van der Waals surface area contributed by atoms with Gasteiger partial charge in [-0.2, -0.15) is 0 Å². The summed E-state index contributed by atoms with van der Waals surface area (Å²) >= 11 is 16.9. The first-order chi connectivity index (χ1) is 15.7. The van der Waals surface area contributed by atoms with E-state index in [1.165, 1.54) is 15.9 Å². The van der Waals surface area contributed by atoms with Gasteiger partial charge in [0.15, 0.2) is 0 Å². The Hall–Kier alpha value is -0.747. The number of thiol groups is 2. The summed E-state index contributed by atoms with van der Waals surface area (Å²) in [5.41, 5.74) is 0. The molecule has 0 fully saturated rings. The van der Waals surface area contributed by atoms with Crippen molar-refractivity contribution in [1.82, 2.24) is 9.80 Å². The molecule has 0 aromatic heterocycles. The standard InChI is InChI=1S/C18H15P.2C3H7NS2.CO.Ru/c1-4-10-16(11-5-1)19(17-12-6-2-7-13-17)18-14-8-3-9-15-18;2*1-4(2)3(5)6;1-2;/h1-15H;2*1-2H3,(H,5,6);;/q;;;;+3/p+1. The molecule has 9 heteroatoms. The molecule has 0 aliphatic rings. The maximum atomic E-state index is 7.50. The topological polar surface area (TPSA) is 26.4 Å². The molecule has 3 aromatic rings. The van der Waals surface area contributed by atoms with Crippen LogP contribution in [0.5, 0.6) is 0 Å². The summed E-state index contributed by atoms with van der Waals surface area (Å²) in [5.74, 6) is 0. The van der Waals surface area contributed by atoms with Crippen LogP contribution in [0, 0.1) is 6.65 Å². The molecular weight excluding hydrogens is 605 g/mol. The van der Waals surface area contributed by atoms with Crippen molar-refractivity contribution in [3.8, 4) is 0 Å². The number of nitrogens with zero attached hydrogens (tertiary/aromatic N) is 2. The van der Waals surface area contributed by atoms with Gasteiger partial charge in [0, 0.05) is 0 Å². The van der Waals surface area contributed by atoms with Crippen LogP contribution in [-0.2, 0) is 73.8 Å². The van der Waals surface area contributed by atoms with Gasteiger partial charge in [0.25, 0.3) is 0 Å². The monoisotopic (exact) mass is 635 g/mol. The fourth-order valence-corrected chi connectivity index (χ4v) is 4.89. The molecule has 0 saturated carbocycles. The van der Waals surface area contributed by atoms with Crippen molar-refractivity contribution in [2.45, 2.75) is 0 Å². The van der Waals surface area contributed by atoms with Crippen LogP contribution in [0.25, 0.3) is 0 Å². The first-order valence-electron chi connectivity index (χ1n) is 9.78. The molecular formula is C25H30N2OPRuS4+4. The molecule has 3 rings (SSSR count). The fourth-order valence-electron chi connectivity index (χ4n) is 2.31. The molecule has 3 aromatic carbocycles. The molecule has 3 nitrogen and oxygen atoms in total. The minimum absolute atomic E-state index is 0. The van der Waals surface area contributed by atoms with E-state index in [1.54, 1.807) is 9.80 Å². The van der Waals surface area contributed by atoms with Gasteiger partial charge in [-0.1, -0.05) is 54.6 Å². The number of hydrogen-bond donors (Lipinski definition) is 0. The average molecular weight is 635 g/mol. The minimum atomic E-state index is -0.877. The van der Waals surface area contributed by atoms with Crippen LogP contribution < -0.4 is 15.9 Å². The smallest absolute Gasteiger partial charge is 0.0620 e. The van der Waals surface area contributed by atoms with Crippen molar-refractivity contribution in [2.24, 2.45) is 0 Å². The zero-order valence-electron chi connectivity index (χ0n) is 19.5. The Kier molecular flexibility index (Phi) is 22.4. The fraction of sp³-hybridized carbons (Fsp3) is 0.160. The molecule has 0 unspecified atom stereocenters. The average Bonchev–Trinajstić information content (AvgIpc) is 2.83. The third kappa shape index (κ3) is 15.3. The maximum Gasteiger partial charge on any atom is 3.00 e. The molecule has 0 aliphatic carbocycles. The first-order valence-corrected chi connectivity index (χ1v) is 13.0. The van der Waals surface area contributed by atoms with E-state index in [4.69, 9.17) is 4.65 Å². The predicted molar refractivity (Wildman–Crippen MR) is 160 cm³/mol. The van der Waals surface area contributed by atoms with E-state index in [9.17, 15) is 0 Å². The van der Waals surface area contributed by atoms with Crippen LogP contribution in [0.2, 0.25) is 0 Å². The quantitative estimate of drug-likeness (QED) is 0.0839. The zero-order valence-corrected chi connectivity index (χ0v) is 25.7. The summed E-state index contributed by atoms with van der Waals surface area (Å²) in [5, 5.41) is 4.31. The van der Waals surface area contributed by atoms with E-state index in [0.29, 0.717) is 8.64 Å². The molecule has 0 aliphatic heterocycles. The number of rotatable bonds is 3. The maximum absolute atomic E-state index is 7.50. The summed E-state index contributed by atoms with van der Waals surface area (Å²) < 4.78 is 8.74. The number of hydrogen-bond acceptors (Lipinski definition) is 2. The second kappa shape index (κ2) is 21.5. The summed E-state index contributed by atoms with van der Waals surface area (Å²) in [7, 11) is 6.55. The Balaban J connectivity index is 0. The molecule has 0 amide bonds. The first kappa shape index (κ1) is 35.4. The molecule has 0 spiro atoms. The van der Waals surface area contributed by atoms with E-state index >= 15 is 0 Å². The Morgan fingerprint density at radius 3 is 0.941 bits per heavy atom. The van der Waals surface area contributed by atoms with Crippen LogP contribution in [0.15, 0.2) is 91.0 Å². The van der Waals surface area contributed by atoms with E-state index in [0.717, 1.165) is 0 Å². The zero-order chi connectivity index (χ0) is 25.2. The van der Waals surface area contributed by atoms with Gasteiger partial charge in [-0.15, -0.1) is 0 Å². The Labute approximate surface area is 240 Å². The molecule has 0 saturated heterocycles. The molecule has 0 N–H and O–H groups in total. The molecule has 179 valence electrons. The molecule has 34 heavy (non-hydrogen) atoms. The van der Waals surface area contributed by atoms with Crippen molar-refractivity contribution in [1.29, 1.82) is 0 Å². The van der Waals surface area contributed by atoms with Gasteiger partial charge in [-0.3, -0.25) is 9.80 Å². The van der Waals surface area contributed by atoms with Gasteiger partial charge < -0.3 is 25.3 Å². The van der Waals surface area contributed by atoms with E-state index < -0.39 is 7.92 Å². The summed E-state index contributed by atoms with van der Waals surface area (Å²) in [4.78, 5) is 3.52. The van der Waals surface area contributed by atoms with E-state index in [-0.39, 0.29) is 19.5 Å². The van der Waals surface area contributed by atoms with Gasteiger partial charge in [0.05, 0.1) is 7.92 Å². The van der Waals surface area contributed by atoms with Crippen molar-refractivity contribution in [3.63, 3.8) is 0 Å². The summed E-state index contributed by atoms with van der Waals surface area (Å²) in [6.07, 6.45) is 0. The molecule has 0 atom stereocenters.